The molecule has 2 aromatic heterocycles. The molecule has 18 nitrogen and oxygen atoms in total. The number of benzene rings is 2. The second-order valence-electron chi connectivity index (χ2n) is 18.6. The lowest BCUT2D eigenvalue weighted by molar-refractivity contribution is -0.172. The number of pyridine rings is 2. The van der Waals surface area contributed by atoms with E-state index in [1.807, 2.05) is 0 Å². The summed E-state index contributed by atoms with van der Waals surface area (Å²) < 4.78 is 33.7. The maximum Gasteiger partial charge on any atom is 0.408 e. The Kier molecular flexibility index (Phi) is 13.2. The first-order chi connectivity index (χ1) is 31.5. The van der Waals surface area contributed by atoms with Crippen LogP contribution in [0.25, 0.3) is 22.3 Å². The number of hydrogen-bond acceptors (Lipinski definition) is 12. The van der Waals surface area contributed by atoms with Gasteiger partial charge in [-0.2, -0.15) is 0 Å². The maximum absolute atomic E-state index is 15.5. The van der Waals surface area contributed by atoms with Gasteiger partial charge in [0.15, 0.2) is 5.60 Å². The van der Waals surface area contributed by atoms with Crippen LogP contribution in [0.4, 0.5) is 19.7 Å². The fourth-order valence-corrected chi connectivity index (χ4v) is 8.88. The second kappa shape index (κ2) is 18.4. The van der Waals surface area contributed by atoms with Crippen LogP contribution in [0.5, 0.6) is 0 Å². The molecule has 1 unspecified atom stereocenters. The molecule has 4 aromatic rings. The molecule has 2 aliphatic heterocycles. The Morgan fingerprint density at radius 2 is 1.70 bits per heavy atom. The van der Waals surface area contributed by atoms with Gasteiger partial charge in [-0.3, -0.25) is 19.2 Å². The number of nitrogens with zero attached hydrogens (tertiary/aromatic N) is 2. The summed E-state index contributed by atoms with van der Waals surface area (Å²) in [5, 5.41) is 25.7. The fourth-order valence-electron chi connectivity index (χ4n) is 8.88. The molecule has 0 fully saturated rings. The minimum absolute atomic E-state index is 0.0304. The smallest absolute Gasteiger partial charge is 0.408 e. The molecule has 0 saturated heterocycles. The number of esters is 1. The van der Waals surface area contributed by atoms with Gasteiger partial charge in [0.1, 0.15) is 36.2 Å². The summed E-state index contributed by atoms with van der Waals surface area (Å²) in [4.78, 5) is 96.4. The third-order valence-corrected chi connectivity index (χ3v) is 12.4. The summed E-state index contributed by atoms with van der Waals surface area (Å²) >= 11 is 0. The molecule has 1 aliphatic carbocycles. The van der Waals surface area contributed by atoms with Crippen LogP contribution in [0.3, 0.4) is 0 Å². The molecule has 2 aromatic carbocycles. The van der Waals surface area contributed by atoms with Crippen molar-refractivity contribution in [3.05, 3.63) is 91.5 Å². The fraction of sp³-hybridized carbons (Fsp3) is 0.458. The third-order valence-electron chi connectivity index (χ3n) is 12.4. The highest BCUT2D eigenvalue weighted by molar-refractivity contribution is 5.98. The van der Waals surface area contributed by atoms with Gasteiger partial charge in [-0.25, -0.2) is 23.8 Å². The lowest BCUT2D eigenvalue weighted by Crippen LogP contribution is -2.53. The molecule has 0 radical (unpaired) electrons. The Labute approximate surface area is 385 Å². The predicted octanol–water partition coefficient (Wildman–Crippen LogP) is 5.11. The number of ether oxygens (including phenoxy) is 3. The summed E-state index contributed by atoms with van der Waals surface area (Å²) in [5.74, 6) is -3.01. The van der Waals surface area contributed by atoms with Crippen LogP contribution in [0.15, 0.2) is 41.2 Å². The Morgan fingerprint density at radius 3 is 2.34 bits per heavy atom. The molecule has 5 amide bonds. The van der Waals surface area contributed by atoms with E-state index in [9.17, 15) is 38.7 Å². The highest BCUT2D eigenvalue weighted by atomic mass is 19.1. The molecule has 7 rings (SSSR count). The van der Waals surface area contributed by atoms with Gasteiger partial charge in [-0.15, -0.1) is 0 Å². The van der Waals surface area contributed by atoms with Crippen LogP contribution >= 0.6 is 0 Å². The minimum atomic E-state index is -2.06. The van der Waals surface area contributed by atoms with Crippen LogP contribution < -0.4 is 32.1 Å². The van der Waals surface area contributed by atoms with Crippen molar-refractivity contribution in [2.24, 2.45) is 5.92 Å². The van der Waals surface area contributed by atoms with Gasteiger partial charge in [-0.05, 0) is 100 Å². The molecular weight excluding hydrogens is 870 g/mol. The zero-order valence-corrected chi connectivity index (χ0v) is 38.9. The molecule has 0 saturated carbocycles. The van der Waals surface area contributed by atoms with Gasteiger partial charge in [0.05, 0.1) is 41.6 Å². The first-order valence-electron chi connectivity index (χ1n) is 22.2. The number of aromatic nitrogens is 2. The Morgan fingerprint density at radius 1 is 1.00 bits per heavy atom. The van der Waals surface area contributed by atoms with Crippen LogP contribution in [0.2, 0.25) is 0 Å². The van der Waals surface area contributed by atoms with Crippen LogP contribution in [0.1, 0.15) is 119 Å². The minimum Gasteiger partial charge on any atom is -0.458 e. The van der Waals surface area contributed by atoms with Gasteiger partial charge in [-0.1, -0.05) is 32.9 Å². The van der Waals surface area contributed by atoms with Crippen molar-refractivity contribution in [3.8, 4) is 11.4 Å². The highest BCUT2D eigenvalue weighted by Gasteiger charge is 2.46. The quantitative estimate of drug-likeness (QED) is 0.0707. The van der Waals surface area contributed by atoms with E-state index in [1.165, 1.54) is 24.5 Å². The third kappa shape index (κ3) is 9.55. The molecular formula is C48H56FN7O11. The van der Waals surface area contributed by atoms with Crippen LogP contribution in [-0.2, 0) is 58.6 Å². The van der Waals surface area contributed by atoms with E-state index >= 15 is 4.39 Å². The number of carbonyl (C=O) groups is 6. The largest absolute Gasteiger partial charge is 0.458 e. The number of anilines is 1. The summed E-state index contributed by atoms with van der Waals surface area (Å²) in [6.45, 7) is 14.2. The number of halogens is 1. The van der Waals surface area contributed by atoms with Gasteiger partial charge in [0, 0.05) is 35.2 Å². The topological polar surface area (TPSA) is 245 Å². The molecule has 4 heterocycles. The van der Waals surface area contributed by atoms with E-state index in [4.69, 9.17) is 19.2 Å². The van der Waals surface area contributed by atoms with Crippen molar-refractivity contribution >= 4 is 52.5 Å². The molecule has 0 bridgehead atoms. The van der Waals surface area contributed by atoms with E-state index in [2.05, 4.69) is 26.6 Å². The molecule has 0 spiro atoms. The van der Waals surface area contributed by atoms with Crippen molar-refractivity contribution in [1.82, 2.24) is 30.8 Å². The van der Waals surface area contributed by atoms with Crippen molar-refractivity contribution in [1.29, 1.82) is 0 Å². The number of amides is 5. The summed E-state index contributed by atoms with van der Waals surface area (Å²) in [6.07, 6.45) is -2.08. The van der Waals surface area contributed by atoms with Crippen molar-refractivity contribution in [3.63, 3.8) is 0 Å². The zero-order chi connectivity index (χ0) is 48.9. The zero-order valence-electron chi connectivity index (χ0n) is 38.9. The Balaban J connectivity index is 1.16. The van der Waals surface area contributed by atoms with E-state index in [1.54, 1.807) is 78.8 Å². The monoisotopic (exact) mass is 925 g/mol. The van der Waals surface area contributed by atoms with Crippen LogP contribution in [-0.4, -0.2) is 74.8 Å². The van der Waals surface area contributed by atoms with Gasteiger partial charge in [0.25, 0.3) is 5.56 Å². The SMILES string of the molecule is CC[C@]1(O)C(=O)OCc2c1cc1n(c2=O)Cc2c-1nc1cc(F)c(C)c3c1c2[C@H](NC(=O)OC(CNC(=O)OC(C)(C)C)c1ccc(NC(=O)[C@H](C)NC(=O)[C@@H](NC(C)=O)C(C)C)cc1)CC3. The number of aryl methyl sites for hydroxylation is 1. The van der Waals surface area contributed by atoms with E-state index in [-0.39, 0.29) is 49.1 Å². The molecule has 3 aliphatic rings. The summed E-state index contributed by atoms with van der Waals surface area (Å²) in [6, 6.07) is 6.67. The number of fused-ring (bicyclic) bond motifs is 5. The number of alkyl carbamates (subject to hydrolysis) is 2. The van der Waals surface area contributed by atoms with E-state index < -0.39 is 76.8 Å². The first kappa shape index (κ1) is 48.1. The van der Waals surface area contributed by atoms with Crippen molar-refractivity contribution < 1.29 is 52.5 Å². The number of hydrogen-bond donors (Lipinski definition) is 6. The first-order valence-corrected chi connectivity index (χ1v) is 22.2. The maximum atomic E-state index is 15.5. The van der Waals surface area contributed by atoms with Gasteiger partial charge < -0.3 is 50.5 Å². The number of aliphatic hydroxyl groups is 1. The molecule has 6 N–H and O–H groups in total. The van der Waals surface area contributed by atoms with E-state index in [0.717, 1.165) is 0 Å². The summed E-state index contributed by atoms with van der Waals surface area (Å²) in [5.41, 5.74) is 0.984. The number of cyclic esters (lactones) is 1. The summed E-state index contributed by atoms with van der Waals surface area (Å²) in [7, 11) is 0. The molecule has 356 valence electrons. The van der Waals surface area contributed by atoms with Crippen LogP contribution in [0, 0.1) is 18.7 Å². The van der Waals surface area contributed by atoms with Crippen molar-refractivity contribution in [2.45, 2.75) is 130 Å². The molecule has 67 heavy (non-hydrogen) atoms. The lowest BCUT2D eigenvalue weighted by Gasteiger charge is -2.31. The Bertz CT molecular complexity index is 2770. The van der Waals surface area contributed by atoms with Gasteiger partial charge in [0.2, 0.25) is 17.7 Å². The Hall–Kier alpha value is -6.89. The lowest BCUT2D eigenvalue weighted by atomic mass is 9.81. The molecule has 19 heteroatoms. The number of nitrogens with one attached hydrogen (secondary N) is 5. The second-order valence-corrected chi connectivity index (χ2v) is 18.6. The average molecular weight is 926 g/mol. The molecule has 5 atom stereocenters. The van der Waals surface area contributed by atoms with Crippen molar-refractivity contribution in [2.75, 3.05) is 11.9 Å². The predicted molar refractivity (Wildman–Crippen MR) is 242 cm³/mol. The normalized spacial score (nSPS) is 18.3. The highest BCUT2D eigenvalue weighted by Crippen LogP contribution is 2.46. The number of carbonyl (C=O) groups excluding carboxylic acids is 6. The van der Waals surface area contributed by atoms with Gasteiger partial charge >= 0.3 is 18.2 Å². The average Bonchev–Trinajstić information content (AvgIpc) is 3.63. The standard InChI is InChI=1S/C48H56FN7O11/c1-10-48(64)31-17-35-40-29(20-56(35)43(60)30(31)21-65-44(48)61)38-33(16-15-28-23(4)32(49)18-34(54-40)37(28)38)55-46(63)66-36(19-50-45(62)67-47(7,8)9)26-11-13-27(14-12-26)53-41(58)24(5)51-42(59)39(22(2)3)52-25(6)57/h11-14,17-18,22,24,33,36,39,64H,10,15-16,19-21H2,1-9H3,(H,50,62)(H,51,59)(H,52,57)(H,53,58)(H,55,63)/t24-,33+,36?,39-,48+/m0/s1. The number of rotatable bonds is 12. The van der Waals surface area contributed by atoms with E-state index in [0.29, 0.717) is 68.6 Å².